The van der Waals surface area contributed by atoms with Gasteiger partial charge in [0, 0.05) is 12.1 Å². The van der Waals surface area contributed by atoms with Crippen molar-refractivity contribution >= 4 is 5.69 Å². The third-order valence-electron chi connectivity index (χ3n) is 2.35. The number of rotatable bonds is 2. The Kier molecular flexibility index (Phi) is 2.95. The van der Waals surface area contributed by atoms with Crippen molar-refractivity contribution in [1.29, 1.82) is 0 Å². The summed E-state index contributed by atoms with van der Waals surface area (Å²) in [5.74, 6) is -0.371. The maximum atomic E-state index is 13.0. The van der Waals surface area contributed by atoms with Gasteiger partial charge in [-0.15, -0.1) is 0 Å². The van der Waals surface area contributed by atoms with E-state index in [2.05, 4.69) is 0 Å². The quantitative estimate of drug-likeness (QED) is 0.806. The van der Waals surface area contributed by atoms with Gasteiger partial charge in [0.05, 0.1) is 5.69 Å². The molecule has 2 N–H and O–H groups in total. The predicted molar refractivity (Wildman–Crippen MR) is 62.0 cm³/mol. The highest BCUT2D eigenvalue weighted by Gasteiger charge is 2.07. The van der Waals surface area contributed by atoms with Gasteiger partial charge in [-0.25, -0.2) is 8.78 Å². The lowest BCUT2D eigenvalue weighted by Gasteiger charge is -2.10. The van der Waals surface area contributed by atoms with Crippen LogP contribution in [0.25, 0.3) is 0 Å². The largest absolute Gasteiger partial charge is 0.455 e. The molecule has 0 spiro atoms. The number of benzene rings is 2. The van der Waals surface area contributed by atoms with Crippen molar-refractivity contribution in [3.63, 3.8) is 0 Å². The molecule has 2 aromatic rings. The molecular formula is C13H11F2NO. The zero-order valence-corrected chi connectivity index (χ0v) is 9.21. The van der Waals surface area contributed by atoms with E-state index in [0.29, 0.717) is 11.4 Å². The van der Waals surface area contributed by atoms with Crippen LogP contribution in [-0.4, -0.2) is 0 Å². The molecule has 0 bridgehead atoms. The zero-order chi connectivity index (χ0) is 12.4. The number of nitrogens with two attached hydrogens (primary N) is 1. The molecule has 0 heterocycles. The number of ether oxygens (including phenoxy) is 1. The molecule has 0 saturated heterocycles. The van der Waals surface area contributed by atoms with Gasteiger partial charge in [-0.05, 0) is 30.7 Å². The first-order valence-corrected chi connectivity index (χ1v) is 5.05. The van der Waals surface area contributed by atoms with Gasteiger partial charge in [-0.2, -0.15) is 0 Å². The molecule has 0 saturated carbocycles. The molecule has 17 heavy (non-hydrogen) atoms. The summed E-state index contributed by atoms with van der Waals surface area (Å²) in [6.07, 6.45) is 0. The maximum absolute atomic E-state index is 13.0. The topological polar surface area (TPSA) is 35.2 Å². The van der Waals surface area contributed by atoms with E-state index in [4.69, 9.17) is 10.5 Å². The molecular weight excluding hydrogens is 224 g/mol. The lowest BCUT2D eigenvalue weighted by Crippen LogP contribution is -1.94. The SMILES string of the molecule is Cc1ccc(F)cc1Oc1cc(F)ccc1N. The Balaban J connectivity index is 2.37. The fourth-order valence-electron chi connectivity index (χ4n) is 1.40. The summed E-state index contributed by atoms with van der Waals surface area (Å²) in [7, 11) is 0. The van der Waals surface area contributed by atoms with Gasteiger partial charge in [0.1, 0.15) is 17.4 Å². The molecule has 2 rings (SSSR count). The minimum absolute atomic E-state index is 0.179. The highest BCUT2D eigenvalue weighted by molar-refractivity contribution is 5.54. The summed E-state index contributed by atoms with van der Waals surface area (Å²) in [5.41, 5.74) is 6.69. The van der Waals surface area contributed by atoms with E-state index >= 15 is 0 Å². The van der Waals surface area contributed by atoms with Crippen molar-refractivity contribution in [3.8, 4) is 11.5 Å². The average Bonchev–Trinajstić information content (AvgIpc) is 2.28. The van der Waals surface area contributed by atoms with Gasteiger partial charge in [0.2, 0.25) is 0 Å². The van der Waals surface area contributed by atoms with Crippen LogP contribution in [0, 0.1) is 18.6 Å². The molecule has 0 unspecified atom stereocenters. The van der Waals surface area contributed by atoms with Crippen LogP contribution in [0.5, 0.6) is 11.5 Å². The summed E-state index contributed by atoms with van der Waals surface area (Å²) < 4.78 is 31.5. The van der Waals surface area contributed by atoms with Crippen molar-refractivity contribution in [2.24, 2.45) is 0 Å². The van der Waals surface area contributed by atoms with Gasteiger partial charge in [-0.3, -0.25) is 0 Å². The van der Waals surface area contributed by atoms with Crippen LogP contribution in [0.15, 0.2) is 36.4 Å². The number of halogens is 2. The van der Waals surface area contributed by atoms with Crippen molar-refractivity contribution in [2.75, 3.05) is 5.73 Å². The summed E-state index contributed by atoms with van der Waals surface area (Å²) in [6, 6.07) is 7.95. The predicted octanol–water partition coefficient (Wildman–Crippen LogP) is 3.65. The first-order valence-electron chi connectivity index (χ1n) is 5.05. The smallest absolute Gasteiger partial charge is 0.153 e. The fourth-order valence-corrected chi connectivity index (χ4v) is 1.40. The van der Waals surface area contributed by atoms with Gasteiger partial charge in [0.25, 0.3) is 0 Å². The van der Waals surface area contributed by atoms with Crippen LogP contribution in [0.3, 0.4) is 0 Å². The van der Waals surface area contributed by atoms with Crippen molar-refractivity contribution in [1.82, 2.24) is 0 Å². The van der Waals surface area contributed by atoms with E-state index < -0.39 is 11.6 Å². The monoisotopic (exact) mass is 235 g/mol. The number of hydrogen-bond acceptors (Lipinski definition) is 2. The Labute approximate surface area is 97.6 Å². The minimum Gasteiger partial charge on any atom is -0.455 e. The summed E-state index contributed by atoms with van der Waals surface area (Å²) >= 11 is 0. The van der Waals surface area contributed by atoms with Gasteiger partial charge in [-0.1, -0.05) is 6.07 Å². The minimum atomic E-state index is -0.455. The molecule has 2 aromatic carbocycles. The van der Waals surface area contributed by atoms with Crippen LogP contribution in [0.1, 0.15) is 5.56 Å². The standard InChI is InChI=1S/C13H11F2NO/c1-8-2-3-9(14)6-12(8)17-13-7-10(15)4-5-11(13)16/h2-7H,16H2,1H3. The molecule has 4 heteroatoms. The zero-order valence-electron chi connectivity index (χ0n) is 9.21. The molecule has 0 amide bonds. The second kappa shape index (κ2) is 4.41. The second-order valence-corrected chi connectivity index (χ2v) is 3.69. The molecule has 0 aliphatic carbocycles. The van der Waals surface area contributed by atoms with Gasteiger partial charge < -0.3 is 10.5 Å². The number of aryl methyl sites for hydroxylation is 1. The Hall–Kier alpha value is -2.10. The van der Waals surface area contributed by atoms with Crippen molar-refractivity contribution in [2.45, 2.75) is 6.92 Å². The maximum Gasteiger partial charge on any atom is 0.153 e. The average molecular weight is 235 g/mol. The lowest BCUT2D eigenvalue weighted by molar-refractivity contribution is 0.470. The lowest BCUT2D eigenvalue weighted by atomic mass is 10.2. The molecule has 0 fully saturated rings. The van der Waals surface area contributed by atoms with Crippen molar-refractivity contribution in [3.05, 3.63) is 53.6 Å². The Morgan fingerprint density at radius 3 is 2.24 bits per heavy atom. The van der Waals surface area contributed by atoms with Crippen molar-refractivity contribution < 1.29 is 13.5 Å². The van der Waals surface area contributed by atoms with E-state index in [0.717, 1.165) is 5.56 Å². The third kappa shape index (κ3) is 2.53. The van der Waals surface area contributed by atoms with Gasteiger partial charge in [0.15, 0.2) is 5.75 Å². The molecule has 0 atom stereocenters. The van der Waals surface area contributed by atoms with Crippen LogP contribution in [0.4, 0.5) is 14.5 Å². The number of hydrogen-bond donors (Lipinski definition) is 1. The Bertz CT molecular complexity index is 506. The fraction of sp³-hybridized carbons (Fsp3) is 0.0769. The van der Waals surface area contributed by atoms with E-state index in [1.165, 1.54) is 30.3 Å². The molecule has 0 aromatic heterocycles. The van der Waals surface area contributed by atoms with E-state index in [-0.39, 0.29) is 5.75 Å². The normalized spacial score (nSPS) is 10.3. The summed E-state index contributed by atoms with van der Waals surface area (Å²) in [4.78, 5) is 0. The second-order valence-electron chi connectivity index (χ2n) is 3.69. The first-order chi connectivity index (χ1) is 8.06. The highest BCUT2D eigenvalue weighted by Crippen LogP contribution is 2.30. The number of nitrogen functional groups attached to an aromatic ring is 1. The van der Waals surface area contributed by atoms with E-state index in [1.54, 1.807) is 13.0 Å². The highest BCUT2D eigenvalue weighted by atomic mass is 19.1. The van der Waals surface area contributed by atoms with E-state index in [9.17, 15) is 8.78 Å². The number of anilines is 1. The van der Waals surface area contributed by atoms with Crippen LogP contribution < -0.4 is 10.5 Å². The third-order valence-corrected chi connectivity index (χ3v) is 2.35. The van der Waals surface area contributed by atoms with Crippen LogP contribution in [-0.2, 0) is 0 Å². The molecule has 0 aliphatic rings. The van der Waals surface area contributed by atoms with Gasteiger partial charge >= 0.3 is 0 Å². The molecule has 0 aliphatic heterocycles. The van der Waals surface area contributed by atoms with E-state index in [1.807, 2.05) is 0 Å². The first kappa shape index (κ1) is 11.4. The van der Waals surface area contributed by atoms with Crippen LogP contribution >= 0.6 is 0 Å². The summed E-state index contributed by atoms with van der Waals surface area (Å²) in [6.45, 7) is 1.77. The molecule has 2 nitrogen and oxygen atoms in total. The van der Waals surface area contributed by atoms with Crippen LogP contribution in [0.2, 0.25) is 0 Å². The Morgan fingerprint density at radius 2 is 1.53 bits per heavy atom. The molecule has 0 radical (unpaired) electrons. The molecule has 88 valence electrons. The Morgan fingerprint density at radius 1 is 0.941 bits per heavy atom. The summed E-state index contributed by atoms with van der Waals surface area (Å²) in [5, 5.41) is 0.